The highest BCUT2D eigenvalue weighted by atomic mass is 35.5. The topological polar surface area (TPSA) is 94.6 Å². The Bertz CT molecular complexity index is 1410. The minimum absolute atomic E-state index is 0.0799. The van der Waals surface area contributed by atoms with E-state index in [0.29, 0.717) is 15.6 Å². The molecular formula is C35H47Cl2N5O4. The van der Waals surface area contributed by atoms with E-state index in [2.05, 4.69) is 15.4 Å². The minimum Gasteiger partial charge on any atom is -0.399 e. The number of likely N-dealkylation sites (tertiary alicyclic amines) is 2. The molecule has 46 heavy (non-hydrogen) atoms. The monoisotopic (exact) mass is 671 g/mol. The van der Waals surface area contributed by atoms with Crippen molar-refractivity contribution in [3.05, 3.63) is 68.7 Å². The number of halogens is 2. The standard InChI is InChI=1S/C35H47Cl2N5O4/c1-23-17-24(2)19-27(18-23)34(44)40(4)22-32(39-46-5)29(25-8-9-30(36)31(37)20-25)12-16-41-14-10-28(11-15-41)42-13-6-7-26(35(42)45)21-33(43)38-3/h8-9,17-20,26,28-29H,6-7,10-16,21-22H2,1-5H3,(H,38,43)/b39-32+. The van der Waals surface area contributed by atoms with Gasteiger partial charge in [0.15, 0.2) is 0 Å². The summed E-state index contributed by atoms with van der Waals surface area (Å²) in [5, 5.41) is 8.03. The number of nitrogens with zero attached hydrogens (tertiary/aromatic N) is 4. The van der Waals surface area contributed by atoms with Crippen LogP contribution in [0.4, 0.5) is 0 Å². The molecule has 0 radical (unpaired) electrons. The molecule has 4 rings (SSSR count). The smallest absolute Gasteiger partial charge is 0.253 e. The first-order valence-corrected chi connectivity index (χ1v) is 16.9. The number of oxime groups is 1. The van der Waals surface area contributed by atoms with E-state index in [9.17, 15) is 14.4 Å². The maximum Gasteiger partial charge on any atom is 0.253 e. The van der Waals surface area contributed by atoms with Gasteiger partial charge in [-0.3, -0.25) is 14.4 Å². The number of hydrogen-bond donors (Lipinski definition) is 1. The van der Waals surface area contributed by atoms with Gasteiger partial charge in [-0.15, -0.1) is 0 Å². The number of hydrogen-bond acceptors (Lipinski definition) is 6. The second-order valence-electron chi connectivity index (χ2n) is 12.6. The predicted octanol–water partition coefficient (Wildman–Crippen LogP) is 5.70. The molecule has 0 bridgehead atoms. The summed E-state index contributed by atoms with van der Waals surface area (Å²) in [5.41, 5.74) is 4.38. The molecule has 1 N–H and O–H groups in total. The third-order valence-corrected chi connectivity index (χ3v) is 9.94. The number of carbonyl (C=O) groups is 3. The van der Waals surface area contributed by atoms with Gasteiger partial charge in [0.05, 0.1) is 22.3 Å². The number of amides is 3. The van der Waals surface area contributed by atoms with Gasteiger partial charge in [0.1, 0.15) is 7.11 Å². The van der Waals surface area contributed by atoms with Crippen LogP contribution in [0, 0.1) is 19.8 Å². The first kappa shape index (κ1) is 35.7. The van der Waals surface area contributed by atoms with Gasteiger partial charge < -0.3 is 24.9 Å². The normalized spacial score (nSPS) is 18.8. The molecule has 3 amide bonds. The number of benzene rings is 2. The third kappa shape index (κ3) is 9.23. The minimum atomic E-state index is -0.225. The maximum atomic E-state index is 13.5. The number of aryl methyl sites for hydroxylation is 2. The molecule has 250 valence electrons. The van der Waals surface area contributed by atoms with Gasteiger partial charge in [-0.25, -0.2) is 0 Å². The largest absolute Gasteiger partial charge is 0.399 e. The molecule has 0 aromatic heterocycles. The van der Waals surface area contributed by atoms with Gasteiger partial charge in [0, 0.05) is 63.6 Å². The molecule has 2 aromatic carbocycles. The van der Waals surface area contributed by atoms with Crippen molar-refractivity contribution in [1.82, 2.24) is 20.0 Å². The number of carbonyl (C=O) groups excluding carboxylic acids is 3. The predicted molar refractivity (Wildman–Crippen MR) is 184 cm³/mol. The third-order valence-electron chi connectivity index (χ3n) is 9.20. The molecular weight excluding hydrogens is 625 g/mol. The first-order valence-electron chi connectivity index (χ1n) is 16.1. The molecule has 2 heterocycles. The highest BCUT2D eigenvalue weighted by Crippen LogP contribution is 2.31. The molecule has 2 aliphatic heterocycles. The zero-order valence-electron chi connectivity index (χ0n) is 27.7. The summed E-state index contributed by atoms with van der Waals surface area (Å²) in [6.45, 7) is 7.54. The van der Waals surface area contributed by atoms with Crippen LogP contribution in [0.5, 0.6) is 0 Å². The second kappa shape index (κ2) is 16.6. The van der Waals surface area contributed by atoms with Crippen LogP contribution in [0.25, 0.3) is 0 Å². The van der Waals surface area contributed by atoms with E-state index >= 15 is 0 Å². The summed E-state index contributed by atoms with van der Waals surface area (Å²) >= 11 is 12.7. The van der Waals surface area contributed by atoms with Gasteiger partial charge in [0.2, 0.25) is 11.8 Å². The molecule has 2 fully saturated rings. The van der Waals surface area contributed by atoms with Gasteiger partial charge >= 0.3 is 0 Å². The van der Waals surface area contributed by atoms with E-state index in [-0.39, 0.29) is 48.6 Å². The Hall–Kier alpha value is -3.14. The molecule has 2 aromatic rings. The molecule has 0 saturated carbocycles. The van der Waals surface area contributed by atoms with E-state index in [0.717, 1.165) is 80.7 Å². The van der Waals surface area contributed by atoms with Crippen LogP contribution in [0.3, 0.4) is 0 Å². The average Bonchev–Trinajstić information content (AvgIpc) is 3.03. The SMILES string of the molecule is CNC(=O)CC1CCCN(C2CCN(CCC(/C(CN(C)C(=O)c3cc(C)cc(C)c3)=N/OC)c3ccc(Cl)c(Cl)c3)CC2)C1=O. The van der Waals surface area contributed by atoms with E-state index < -0.39 is 0 Å². The Morgan fingerprint density at radius 2 is 1.74 bits per heavy atom. The summed E-state index contributed by atoms with van der Waals surface area (Å²) in [6.07, 6.45) is 4.48. The van der Waals surface area contributed by atoms with Crippen molar-refractivity contribution in [2.24, 2.45) is 11.1 Å². The summed E-state index contributed by atoms with van der Waals surface area (Å²) in [5.74, 6) is -0.444. The summed E-state index contributed by atoms with van der Waals surface area (Å²) in [4.78, 5) is 50.1. The highest BCUT2D eigenvalue weighted by Gasteiger charge is 2.36. The Morgan fingerprint density at radius 3 is 2.37 bits per heavy atom. The van der Waals surface area contributed by atoms with Gasteiger partial charge in [-0.2, -0.15) is 0 Å². The van der Waals surface area contributed by atoms with Crippen molar-refractivity contribution in [3.8, 4) is 0 Å². The number of rotatable bonds is 12. The van der Waals surface area contributed by atoms with Crippen molar-refractivity contribution in [2.75, 3.05) is 53.9 Å². The van der Waals surface area contributed by atoms with E-state index in [1.165, 1.54) is 7.11 Å². The fraction of sp³-hybridized carbons (Fsp3) is 0.543. The fourth-order valence-corrected chi connectivity index (χ4v) is 7.13. The number of piperidine rings is 2. The molecule has 2 aliphatic rings. The van der Waals surface area contributed by atoms with Gasteiger partial charge in [-0.1, -0.05) is 51.6 Å². The maximum absolute atomic E-state index is 13.5. The van der Waals surface area contributed by atoms with Crippen molar-refractivity contribution >= 4 is 46.6 Å². The lowest BCUT2D eigenvalue weighted by molar-refractivity contribution is -0.144. The van der Waals surface area contributed by atoms with Crippen LogP contribution in [-0.2, 0) is 14.4 Å². The van der Waals surface area contributed by atoms with Crippen LogP contribution in [0.2, 0.25) is 10.0 Å². The molecule has 2 unspecified atom stereocenters. The van der Waals surface area contributed by atoms with Crippen LogP contribution in [0.1, 0.15) is 71.5 Å². The van der Waals surface area contributed by atoms with Gasteiger partial charge in [0.25, 0.3) is 5.91 Å². The zero-order valence-corrected chi connectivity index (χ0v) is 29.2. The van der Waals surface area contributed by atoms with Crippen LogP contribution < -0.4 is 5.32 Å². The van der Waals surface area contributed by atoms with Crippen LogP contribution in [-0.4, -0.2) is 98.1 Å². The molecule has 0 spiro atoms. The fourth-order valence-electron chi connectivity index (χ4n) is 6.83. The lowest BCUT2D eigenvalue weighted by atomic mass is 9.89. The lowest BCUT2D eigenvalue weighted by Crippen LogP contribution is -2.52. The van der Waals surface area contributed by atoms with Gasteiger partial charge in [-0.05, 0) is 82.3 Å². The van der Waals surface area contributed by atoms with E-state index in [1.54, 1.807) is 25.1 Å². The lowest BCUT2D eigenvalue weighted by Gasteiger charge is -2.42. The highest BCUT2D eigenvalue weighted by molar-refractivity contribution is 6.42. The van der Waals surface area contributed by atoms with E-state index in [1.807, 2.05) is 49.1 Å². The van der Waals surface area contributed by atoms with Crippen molar-refractivity contribution < 1.29 is 19.2 Å². The van der Waals surface area contributed by atoms with Crippen molar-refractivity contribution in [1.29, 1.82) is 0 Å². The summed E-state index contributed by atoms with van der Waals surface area (Å²) < 4.78 is 0. The molecule has 0 aliphatic carbocycles. The number of nitrogens with one attached hydrogen (secondary N) is 1. The van der Waals surface area contributed by atoms with Crippen LogP contribution in [0.15, 0.2) is 41.6 Å². The molecule has 2 atom stereocenters. The van der Waals surface area contributed by atoms with Crippen LogP contribution >= 0.6 is 23.2 Å². The zero-order chi connectivity index (χ0) is 33.4. The Balaban J connectivity index is 1.44. The Morgan fingerprint density at radius 1 is 1.04 bits per heavy atom. The van der Waals surface area contributed by atoms with Crippen molar-refractivity contribution in [2.45, 2.75) is 64.3 Å². The molecule has 9 nitrogen and oxygen atoms in total. The Kier molecular flexibility index (Phi) is 12.9. The first-order chi connectivity index (χ1) is 22.0. The van der Waals surface area contributed by atoms with E-state index in [4.69, 9.17) is 28.0 Å². The molecule has 2 saturated heterocycles. The van der Waals surface area contributed by atoms with Crippen molar-refractivity contribution in [3.63, 3.8) is 0 Å². The summed E-state index contributed by atoms with van der Waals surface area (Å²) in [6, 6.07) is 11.7. The Labute approximate surface area is 283 Å². The summed E-state index contributed by atoms with van der Waals surface area (Å²) in [7, 11) is 4.91. The quantitative estimate of drug-likeness (QED) is 0.231. The molecule has 11 heteroatoms. The average molecular weight is 673 g/mol. The second-order valence-corrected chi connectivity index (χ2v) is 13.5.